The molecule has 154 valence electrons. The number of carbonyl (C=O) groups excluding carboxylic acids is 1. The van der Waals surface area contributed by atoms with E-state index in [0.29, 0.717) is 12.3 Å². The van der Waals surface area contributed by atoms with Crippen LogP contribution in [0.4, 0.5) is 11.4 Å². The number of carbonyl (C=O) groups is 1. The van der Waals surface area contributed by atoms with Gasteiger partial charge in [0, 0.05) is 36.0 Å². The lowest BCUT2D eigenvalue weighted by Crippen LogP contribution is -2.31. The first-order chi connectivity index (χ1) is 13.8. The molecule has 1 fully saturated rings. The molecule has 1 saturated heterocycles. The van der Waals surface area contributed by atoms with Crippen LogP contribution in [0, 0.1) is 17.0 Å². The van der Waals surface area contributed by atoms with Gasteiger partial charge in [0.15, 0.2) is 0 Å². The van der Waals surface area contributed by atoms with Crippen LogP contribution in [0.5, 0.6) is 0 Å². The quantitative estimate of drug-likeness (QED) is 0.524. The van der Waals surface area contributed by atoms with Crippen LogP contribution < -0.4 is 10.0 Å². The van der Waals surface area contributed by atoms with Crippen LogP contribution in [-0.4, -0.2) is 38.5 Å². The lowest BCUT2D eigenvalue weighted by Gasteiger charge is -2.12. The molecule has 1 aliphatic rings. The maximum absolute atomic E-state index is 12.5. The van der Waals surface area contributed by atoms with Crippen molar-refractivity contribution >= 4 is 27.3 Å². The van der Waals surface area contributed by atoms with E-state index < -0.39 is 20.9 Å². The first kappa shape index (κ1) is 20.9. The number of ether oxygens (including phenoxy) is 1. The van der Waals surface area contributed by atoms with Crippen molar-refractivity contribution in [3.63, 3.8) is 0 Å². The largest absolute Gasteiger partial charge is 0.377 e. The molecule has 0 unspecified atom stereocenters. The summed E-state index contributed by atoms with van der Waals surface area (Å²) in [5.41, 5.74) is 0.664. The number of nitrogens with zero attached hydrogens (tertiary/aromatic N) is 1. The van der Waals surface area contributed by atoms with Crippen LogP contribution in [0.3, 0.4) is 0 Å². The minimum absolute atomic E-state index is 0.0695. The van der Waals surface area contributed by atoms with Crippen molar-refractivity contribution in [1.82, 2.24) is 4.72 Å². The molecule has 2 N–H and O–H groups in total. The van der Waals surface area contributed by atoms with Gasteiger partial charge in [-0.05, 0) is 50.1 Å². The predicted octanol–water partition coefficient (Wildman–Crippen LogP) is 2.61. The zero-order valence-corrected chi connectivity index (χ0v) is 16.6. The molecule has 9 nitrogen and oxygen atoms in total. The number of hydrogen-bond acceptors (Lipinski definition) is 6. The first-order valence-corrected chi connectivity index (χ1v) is 10.5. The average Bonchev–Trinajstić information content (AvgIpc) is 3.20. The number of sulfonamides is 1. The highest BCUT2D eigenvalue weighted by atomic mass is 32.2. The van der Waals surface area contributed by atoms with Crippen molar-refractivity contribution < 1.29 is 22.9 Å². The topological polar surface area (TPSA) is 128 Å². The third kappa shape index (κ3) is 4.97. The molecule has 29 heavy (non-hydrogen) atoms. The van der Waals surface area contributed by atoms with E-state index in [2.05, 4.69) is 10.0 Å². The predicted molar refractivity (Wildman–Crippen MR) is 106 cm³/mol. The van der Waals surface area contributed by atoms with Gasteiger partial charge in [0.1, 0.15) is 0 Å². The Morgan fingerprint density at radius 3 is 2.59 bits per heavy atom. The van der Waals surface area contributed by atoms with Crippen molar-refractivity contribution in [3.05, 3.63) is 63.7 Å². The third-order valence-electron chi connectivity index (χ3n) is 4.69. The second-order valence-electron chi connectivity index (χ2n) is 6.67. The number of anilines is 1. The molecule has 1 heterocycles. The summed E-state index contributed by atoms with van der Waals surface area (Å²) in [6.45, 7) is 2.36. The summed E-state index contributed by atoms with van der Waals surface area (Å²) in [5, 5.41) is 13.7. The maximum atomic E-state index is 12.5. The van der Waals surface area contributed by atoms with Gasteiger partial charge in [0.05, 0.1) is 15.9 Å². The van der Waals surface area contributed by atoms with Crippen LogP contribution in [-0.2, 0) is 14.8 Å². The van der Waals surface area contributed by atoms with E-state index in [1.165, 1.54) is 49.4 Å². The fourth-order valence-electron chi connectivity index (χ4n) is 3.07. The monoisotopic (exact) mass is 419 g/mol. The van der Waals surface area contributed by atoms with Crippen molar-refractivity contribution in [2.75, 3.05) is 18.5 Å². The molecular formula is C19H21N3O6S. The molecule has 1 amide bonds. The summed E-state index contributed by atoms with van der Waals surface area (Å²) < 4.78 is 32.7. The van der Waals surface area contributed by atoms with Gasteiger partial charge in [-0.15, -0.1) is 0 Å². The Bertz CT molecular complexity index is 1010. The van der Waals surface area contributed by atoms with Gasteiger partial charge in [-0.3, -0.25) is 14.9 Å². The number of nitrogens with one attached hydrogen (secondary N) is 2. The lowest BCUT2D eigenvalue weighted by atomic mass is 10.1. The highest BCUT2D eigenvalue weighted by Crippen LogP contribution is 2.22. The Hall–Kier alpha value is -2.82. The smallest absolute Gasteiger partial charge is 0.273 e. The second kappa shape index (κ2) is 8.68. The molecular weight excluding hydrogens is 398 g/mol. The van der Waals surface area contributed by atoms with Crippen molar-refractivity contribution in [2.24, 2.45) is 0 Å². The van der Waals surface area contributed by atoms with Crippen LogP contribution in [0.2, 0.25) is 0 Å². The number of benzene rings is 2. The summed E-state index contributed by atoms with van der Waals surface area (Å²) in [7, 11) is -3.68. The molecule has 3 rings (SSSR count). The number of rotatable bonds is 7. The molecule has 2 aromatic rings. The van der Waals surface area contributed by atoms with Crippen LogP contribution >= 0.6 is 0 Å². The number of hydrogen-bond donors (Lipinski definition) is 2. The van der Waals surface area contributed by atoms with Gasteiger partial charge in [0.25, 0.3) is 11.6 Å². The van der Waals surface area contributed by atoms with Gasteiger partial charge in [-0.25, -0.2) is 13.1 Å². The Balaban J connectivity index is 1.68. The van der Waals surface area contributed by atoms with Gasteiger partial charge in [-0.2, -0.15) is 0 Å². The summed E-state index contributed by atoms with van der Waals surface area (Å²) in [6, 6.07) is 9.95. The van der Waals surface area contributed by atoms with E-state index in [1.807, 2.05) is 0 Å². The van der Waals surface area contributed by atoms with E-state index in [9.17, 15) is 23.3 Å². The summed E-state index contributed by atoms with van der Waals surface area (Å²) in [4.78, 5) is 23.0. The Labute approximate surface area is 168 Å². The average molecular weight is 419 g/mol. The fraction of sp³-hybridized carbons (Fsp3) is 0.316. The zero-order valence-electron chi connectivity index (χ0n) is 15.8. The minimum atomic E-state index is -3.68. The highest BCUT2D eigenvalue weighted by molar-refractivity contribution is 7.89. The number of nitro groups is 1. The van der Waals surface area contributed by atoms with Crippen molar-refractivity contribution in [3.8, 4) is 0 Å². The molecule has 1 aliphatic heterocycles. The molecule has 2 aromatic carbocycles. The molecule has 0 bridgehead atoms. The lowest BCUT2D eigenvalue weighted by molar-refractivity contribution is -0.385. The molecule has 0 saturated carbocycles. The third-order valence-corrected chi connectivity index (χ3v) is 6.13. The molecule has 0 radical (unpaired) electrons. The second-order valence-corrected chi connectivity index (χ2v) is 8.44. The van der Waals surface area contributed by atoms with Gasteiger partial charge < -0.3 is 10.1 Å². The van der Waals surface area contributed by atoms with Crippen LogP contribution in [0.25, 0.3) is 0 Å². The minimum Gasteiger partial charge on any atom is -0.377 e. The molecule has 1 atom stereocenters. The molecule has 0 aromatic heterocycles. The standard InChI is InChI=1S/C19H21N3O6S/c1-13-17(5-2-6-18(13)22(24)25)19(23)21-14-7-9-16(10-8-14)29(26,27)20-12-15-4-3-11-28-15/h2,5-10,15,20H,3-4,11-12H2,1H3,(H,21,23)/t15-/m1/s1. The maximum Gasteiger partial charge on any atom is 0.273 e. The van der Waals surface area contributed by atoms with Gasteiger partial charge in [0.2, 0.25) is 10.0 Å². The number of amides is 1. The first-order valence-electron chi connectivity index (χ1n) is 9.04. The zero-order chi connectivity index (χ0) is 21.0. The fourth-order valence-corrected chi connectivity index (χ4v) is 4.14. The van der Waals surface area contributed by atoms with Crippen molar-refractivity contribution in [1.29, 1.82) is 0 Å². The molecule has 0 aliphatic carbocycles. The van der Waals surface area contributed by atoms with Crippen LogP contribution in [0.15, 0.2) is 47.4 Å². The summed E-state index contributed by atoms with van der Waals surface area (Å²) in [5.74, 6) is -0.515. The van der Waals surface area contributed by atoms with E-state index in [-0.39, 0.29) is 34.4 Å². The van der Waals surface area contributed by atoms with Gasteiger partial charge >= 0.3 is 0 Å². The van der Waals surface area contributed by atoms with Crippen LogP contribution in [0.1, 0.15) is 28.8 Å². The SMILES string of the molecule is Cc1c(C(=O)Nc2ccc(S(=O)(=O)NC[C@H]3CCCO3)cc2)cccc1[N+](=O)[O-]. The Kier molecular flexibility index (Phi) is 6.26. The molecule has 0 spiro atoms. The van der Waals surface area contributed by atoms with Crippen molar-refractivity contribution in [2.45, 2.75) is 30.8 Å². The van der Waals surface area contributed by atoms with E-state index in [4.69, 9.17) is 4.74 Å². The molecule has 10 heteroatoms. The highest BCUT2D eigenvalue weighted by Gasteiger charge is 2.21. The Morgan fingerprint density at radius 1 is 1.24 bits per heavy atom. The summed E-state index contributed by atoms with van der Waals surface area (Å²) >= 11 is 0. The van der Waals surface area contributed by atoms with E-state index in [1.54, 1.807) is 0 Å². The normalized spacial score (nSPS) is 16.5. The van der Waals surface area contributed by atoms with E-state index in [0.717, 1.165) is 12.8 Å². The van der Waals surface area contributed by atoms with Gasteiger partial charge in [-0.1, -0.05) is 6.07 Å². The summed E-state index contributed by atoms with van der Waals surface area (Å²) in [6.07, 6.45) is 1.64. The number of nitro benzene ring substituents is 1. The van der Waals surface area contributed by atoms with E-state index >= 15 is 0 Å². The Morgan fingerprint density at radius 2 is 1.97 bits per heavy atom.